The zero-order valence-electron chi connectivity index (χ0n) is 14.1. The van der Waals surface area contributed by atoms with Gasteiger partial charge >= 0.3 is 0 Å². The lowest BCUT2D eigenvalue weighted by atomic mass is 10.2. The molecule has 0 spiro atoms. The highest BCUT2D eigenvalue weighted by molar-refractivity contribution is 5.93. The Morgan fingerprint density at radius 3 is 2.64 bits per heavy atom. The number of morpholine rings is 1. The summed E-state index contributed by atoms with van der Waals surface area (Å²) in [6.07, 6.45) is 3.85. The molecule has 1 aliphatic carbocycles. The molecule has 2 aromatic rings. The molecule has 1 saturated carbocycles. The molecule has 0 atom stereocenters. The predicted octanol–water partition coefficient (Wildman–Crippen LogP) is 2.55. The number of nitrogens with one attached hydrogen (secondary N) is 2. The van der Waals surface area contributed by atoms with E-state index >= 15 is 0 Å². The van der Waals surface area contributed by atoms with Crippen molar-refractivity contribution in [3.8, 4) is 0 Å². The average molecular weight is 338 g/mol. The fourth-order valence-corrected chi connectivity index (χ4v) is 2.90. The quantitative estimate of drug-likeness (QED) is 0.877. The molecule has 1 aliphatic heterocycles. The number of nitrogens with zero attached hydrogens (tertiary/aromatic N) is 2. The van der Waals surface area contributed by atoms with Crippen LogP contribution in [0.4, 0.5) is 17.1 Å². The van der Waals surface area contributed by atoms with Crippen LogP contribution in [0.15, 0.2) is 42.6 Å². The molecule has 1 amide bonds. The van der Waals surface area contributed by atoms with Crippen molar-refractivity contribution in [3.05, 3.63) is 48.3 Å². The van der Waals surface area contributed by atoms with Gasteiger partial charge in [0.05, 0.1) is 36.5 Å². The highest BCUT2D eigenvalue weighted by atomic mass is 16.5. The lowest BCUT2D eigenvalue weighted by Gasteiger charge is -2.30. The first-order valence-electron chi connectivity index (χ1n) is 8.75. The number of hydrogen-bond donors (Lipinski definition) is 2. The fraction of sp³-hybridized carbons (Fsp3) is 0.368. The van der Waals surface area contributed by atoms with Crippen LogP contribution in [0.25, 0.3) is 0 Å². The van der Waals surface area contributed by atoms with E-state index < -0.39 is 0 Å². The highest BCUT2D eigenvalue weighted by Gasteiger charge is 2.24. The van der Waals surface area contributed by atoms with Crippen LogP contribution in [0.5, 0.6) is 0 Å². The second-order valence-electron chi connectivity index (χ2n) is 6.42. The average Bonchev–Trinajstić information content (AvgIpc) is 3.47. The Balaban J connectivity index is 1.47. The zero-order valence-corrected chi connectivity index (χ0v) is 14.1. The molecule has 0 radical (unpaired) electrons. The molecule has 25 heavy (non-hydrogen) atoms. The molecule has 1 aromatic heterocycles. The van der Waals surface area contributed by atoms with E-state index in [9.17, 15) is 4.79 Å². The smallest absolute Gasteiger partial charge is 0.270 e. The third kappa shape index (κ3) is 3.91. The van der Waals surface area contributed by atoms with E-state index in [1.807, 2.05) is 18.2 Å². The van der Waals surface area contributed by atoms with Crippen LogP contribution in [-0.2, 0) is 4.74 Å². The van der Waals surface area contributed by atoms with E-state index in [1.165, 1.54) is 0 Å². The number of para-hydroxylation sites is 2. The van der Waals surface area contributed by atoms with E-state index in [0.717, 1.165) is 56.2 Å². The maximum absolute atomic E-state index is 12.0. The monoisotopic (exact) mass is 338 g/mol. The largest absolute Gasteiger partial charge is 0.378 e. The van der Waals surface area contributed by atoms with Gasteiger partial charge in [0.15, 0.2) is 0 Å². The number of rotatable bonds is 5. The van der Waals surface area contributed by atoms with Crippen LogP contribution in [0, 0.1) is 0 Å². The van der Waals surface area contributed by atoms with Gasteiger partial charge in [0.1, 0.15) is 5.69 Å². The Kier molecular flexibility index (Phi) is 4.52. The number of carbonyl (C=O) groups excluding carboxylic acids is 1. The first-order valence-corrected chi connectivity index (χ1v) is 8.75. The van der Waals surface area contributed by atoms with Crippen LogP contribution >= 0.6 is 0 Å². The molecule has 130 valence electrons. The summed E-state index contributed by atoms with van der Waals surface area (Å²) in [7, 11) is 0. The van der Waals surface area contributed by atoms with Crippen LogP contribution < -0.4 is 15.5 Å². The Morgan fingerprint density at radius 2 is 1.92 bits per heavy atom. The lowest BCUT2D eigenvalue weighted by molar-refractivity contribution is 0.0946. The summed E-state index contributed by atoms with van der Waals surface area (Å²) in [6.45, 7) is 3.27. The fourth-order valence-electron chi connectivity index (χ4n) is 2.90. The van der Waals surface area contributed by atoms with Gasteiger partial charge in [-0.15, -0.1) is 0 Å². The second-order valence-corrected chi connectivity index (χ2v) is 6.42. The van der Waals surface area contributed by atoms with Crippen molar-refractivity contribution in [1.29, 1.82) is 0 Å². The molecule has 2 fully saturated rings. The summed E-state index contributed by atoms with van der Waals surface area (Å²) in [5, 5.41) is 6.36. The summed E-state index contributed by atoms with van der Waals surface area (Å²) < 4.78 is 5.44. The molecule has 1 saturated heterocycles. The third-order valence-corrected chi connectivity index (χ3v) is 4.44. The number of pyridine rings is 1. The van der Waals surface area contributed by atoms with Gasteiger partial charge in [0.2, 0.25) is 0 Å². The van der Waals surface area contributed by atoms with E-state index in [0.29, 0.717) is 11.7 Å². The number of benzene rings is 1. The summed E-state index contributed by atoms with van der Waals surface area (Å²) >= 11 is 0. The van der Waals surface area contributed by atoms with Crippen LogP contribution in [-0.4, -0.2) is 43.2 Å². The summed E-state index contributed by atoms with van der Waals surface area (Å²) in [4.78, 5) is 18.6. The molecule has 2 heterocycles. The molecular weight excluding hydrogens is 316 g/mol. The van der Waals surface area contributed by atoms with Gasteiger partial charge < -0.3 is 20.3 Å². The van der Waals surface area contributed by atoms with Gasteiger partial charge in [-0.25, -0.2) is 4.98 Å². The van der Waals surface area contributed by atoms with Crippen molar-refractivity contribution < 1.29 is 9.53 Å². The standard InChI is InChI=1S/C19H22N4O2/c24-19(22-14-5-6-14)17-8-7-15(13-20-17)21-16-3-1-2-4-18(16)23-9-11-25-12-10-23/h1-4,7-8,13-14,21H,5-6,9-12H2,(H,22,24). The van der Waals surface area contributed by atoms with Gasteiger partial charge in [-0.3, -0.25) is 4.79 Å². The molecule has 6 heteroatoms. The molecule has 6 nitrogen and oxygen atoms in total. The summed E-state index contributed by atoms with van der Waals surface area (Å²) in [5.41, 5.74) is 3.50. The second kappa shape index (κ2) is 7.11. The first kappa shape index (κ1) is 15.9. The van der Waals surface area contributed by atoms with Gasteiger partial charge in [-0.2, -0.15) is 0 Å². The van der Waals surface area contributed by atoms with Gasteiger partial charge in [0, 0.05) is 19.1 Å². The molecule has 4 rings (SSSR count). The Labute approximate surface area is 147 Å². The van der Waals surface area contributed by atoms with E-state index in [-0.39, 0.29) is 5.91 Å². The van der Waals surface area contributed by atoms with Crippen LogP contribution in [0.2, 0.25) is 0 Å². The van der Waals surface area contributed by atoms with Crippen molar-refractivity contribution in [1.82, 2.24) is 10.3 Å². The van der Waals surface area contributed by atoms with Gasteiger partial charge in [0.25, 0.3) is 5.91 Å². The van der Waals surface area contributed by atoms with Gasteiger partial charge in [-0.1, -0.05) is 12.1 Å². The topological polar surface area (TPSA) is 66.5 Å². The number of hydrogen-bond acceptors (Lipinski definition) is 5. The number of amides is 1. The van der Waals surface area contributed by atoms with Crippen molar-refractivity contribution in [2.24, 2.45) is 0 Å². The Bertz CT molecular complexity index is 737. The van der Waals surface area contributed by atoms with Crippen LogP contribution in [0.1, 0.15) is 23.3 Å². The van der Waals surface area contributed by atoms with E-state index in [4.69, 9.17) is 4.74 Å². The summed E-state index contributed by atoms with van der Waals surface area (Å²) in [5.74, 6) is -0.0947. The Hall–Kier alpha value is -2.60. The number of anilines is 3. The molecule has 0 unspecified atom stereocenters. The van der Waals surface area contributed by atoms with Crippen molar-refractivity contribution >= 4 is 23.0 Å². The lowest BCUT2D eigenvalue weighted by Crippen LogP contribution is -2.36. The third-order valence-electron chi connectivity index (χ3n) is 4.44. The van der Waals surface area contributed by atoms with E-state index in [2.05, 4.69) is 32.7 Å². The minimum absolute atomic E-state index is 0.0947. The predicted molar refractivity (Wildman–Crippen MR) is 97.5 cm³/mol. The van der Waals surface area contributed by atoms with Crippen LogP contribution in [0.3, 0.4) is 0 Å². The number of ether oxygens (including phenoxy) is 1. The maximum Gasteiger partial charge on any atom is 0.270 e. The normalized spacial score (nSPS) is 17.2. The zero-order chi connectivity index (χ0) is 17.1. The SMILES string of the molecule is O=C(NC1CC1)c1ccc(Nc2ccccc2N2CCOCC2)cn1. The number of aromatic nitrogens is 1. The van der Waals surface area contributed by atoms with Gasteiger partial charge in [-0.05, 0) is 37.1 Å². The summed E-state index contributed by atoms with van der Waals surface area (Å²) in [6, 6.07) is 12.2. The molecule has 1 aromatic carbocycles. The van der Waals surface area contributed by atoms with Crippen molar-refractivity contribution in [2.45, 2.75) is 18.9 Å². The van der Waals surface area contributed by atoms with Crippen molar-refractivity contribution in [2.75, 3.05) is 36.5 Å². The maximum atomic E-state index is 12.0. The molecular formula is C19H22N4O2. The van der Waals surface area contributed by atoms with Crippen molar-refractivity contribution in [3.63, 3.8) is 0 Å². The first-order chi connectivity index (χ1) is 12.3. The highest BCUT2D eigenvalue weighted by Crippen LogP contribution is 2.29. The van der Waals surface area contributed by atoms with E-state index in [1.54, 1.807) is 12.3 Å². The molecule has 2 N–H and O–H groups in total. The minimum atomic E-state index is -0.0947. The minimum Gasteiger partial charge on any atom is -0.378 e. The molecule has 0 bridgehead atoms. The molecule has 2 aliphatic rings. The number of carbonyl (C=O) groups is 1. The Morgan fingerprint density at radius 1 is 1.12 bits per heavy atom.